The molecule has 0 spiro atoms. The molecule has 0 saturated heterocycles. The highest BCUT2D eigenvalue weighted by molar-refractivity contribution is 6.05. The molecule has 3 aromatic heterocycles. The van der Waals surface area contributed by atoms with Crippen molar-refractivity contribution in [3.63, 3.8) is 0 Å². The van der Waals surface area contributed by atoms with Crippen LogP contribution in [0.4, 0.5) is 23.1 Å². The minimum atomic E-state index is -0.248. The molecule has 3 heterocycles. The summed E-state index contributed by atoms with van der Waals surface area (Å²) >= 11 is 0. The van der Waals surface area contributed by atoms with Crippen LogP contribution in [0, 0.1) is 0 Å². The quantitative estimate of drug-likeness (QED) is 0.282. The normalized spacial score (nSPS) is 10.9. The first-order valence-corrected chi connectivity index (χ1v) is 11.1. The monoisotopic (exact) mass is 484 g/mol. The lowest BCUT2D eigenvalue weighted by Crippen LogP contribution is -2.25. The second-order valence-electron chi connectivity index (χ2n) is 7.99. The maximum absolute atomic E-state index is 12.5. The Labute approximate surface area is 206 Å². The number of carbonyl (C=O) groups is 1. The van der Waals surface area contributed by atoms with Gasteiger partial charge < -0.3 is 30.8 Å². The van der Waals surface area contributed by atoms with Crippen molar-refractivity contribution in [1.82, 2.24) is 19.6 Å². The number of anilines is 4. The average Bonchev–Trinajstić information content (AvgIpc) is 3.56. The van der Waals surface area contributed by atoms with Crippen molar-refractivity contribution >= 4 is 34.7 Å². The molecule has 5 N–H and O–H groups in total. The highest BCUT2D eigenvalue weighted by Gasteiger charge is 2.14. The van der Waals surface area contributed by atoms with Crippen LogP contribution in [0.3, 0.4) is 0 Å². The number of para-hydroxylation sites is 2. The molecule has 5 rings (SSSR count). The Balaban J connectivity index is 1.18. The number of hydrogen-bond acceptors (Lipinski definition) is 9. The first-order valence-electron chi connectivity index (χ1n) is 11.1. The van der Waals surface area contributed by atoms with E-state index in [1.165, 1.54) is 4.52 Å². The van der Waals surface area contributed by atoms with Gasteiger partial charge in [-0.1, -0.05) is 12.1 Å². The van der Waals surface area contributed by atoms with Crippen LogP contribution in [0.2, 0.25) is 0 Å². The molecule has 36 heavy (non-hydrogen) atoms. The van der Waals surface area contributed by atoms with E-state index in [4.69, 9.17) is 20.6 Å². The smallest absolute Gasteiger partial charge is 0.255 e. The number of amides is 1. The maximum Gasteiger partial charge on any atom is 0.255 e. The minimum Gasteiger partial charge on any atom is -0.492 e. The molecule has 0 atom stereocenters. The van der Waals surface area contributed by atoms with Gasteiger partial charge >= 0.3 is 0 Å². The number of aromatic nitrogens is 4. The maximum atomic E-state index is 12.5. The Kier molecular flexibility index (Phi) is 6.10. The highest BCUT2D eigenvalue weighted by atomic mass is 16.5. The van der Waals surface area contributed by atoms with Crippen LogP contribution in [-0.4, -0.2) is 45.7 Å². The third-order valence-electron chi connectivity index (χ3n) is 5.49. The fourth-order valence-corrected chi connectivity index (χ4v) is 3.53. The topological polar surface area (TPSA) is 150 Å². The van der Waals surface area contributed by atoms with Gasteiger partial charge in [-0.3, -0.25) is 4.79 Å². The zero-order valence-corrected chi connectivity index (χ0v) is 19.5. The zero-order valence-electron chi connectivity index (χ0n) is 19.5. The molecule has 0 radical (unpaired) electrons. The number of hydrogen-bond donors (Lipinski definition) is 3. The molecule has 0 saturated carbocycles. The summed E-state index contributed by atoms with van der Waals surface area (Å²) < 4.78 is 12.7. The molecular weight excluding hydrogens is 460 g/mol. The van der Waals surface area contributed by atoms with Gasteiger partial charge in [0.1, 0.15) is 18.2 Å². The van der Waals surface area contributed by atoms with E-state index in [2.05, 4.69) is 20.4 Å². The third-order valence-corrected chi connectivity index (χ3v) is 5.49. The van der Waals surface area contributed by atoms with Gasteiger partial charge in [0.15, 0.2) is 11.4 Å². The van der Waals surface area contributed by atoms with E-state index in [1.807, 2.05) is 24.1 Å². The Hall–Kier alpha value is -5.06. The largest absolute Gasteiger partial charge is 0.492 e. The summed E-state index contributed by atoms with van der Waals surface area (Å²) in [4.78, 5) is 23.3. The van der Waals surface area contributed by atoms with Gasteiger partial charge in [0.25, 0.3) is 5.91 Å². The first-order chi connectivity index (χ1) is 17.5. The van der Waals surface area contributed by atoms with Crippen molar-refractivity contribution in [3.8, 4) is 17.3 Å². The van der Waals surface area contributed by atoms with E-state index < -0.39 is 0 Å². The number of furan rings is 1. The number of carbonyl (C=O) groups excluding carboxylic acids is 1. The van der Waals surface area contributed by atoms with Crippen LogP contribution in [0.25, 0.3) is 17.2 Å². The number of nitrogens with zero attached hydrogens (tertiary/aromatic N) is 5. The molecule has 182 valence electrons. The van der Waals surface area contributed by atoms with Gasteiger partial charge in [-0.05, 0) is 48.5 Å². The van der Waals surface area contributed by atoms with Crippen molar-refractivity contribution in [1.29, 1.82) is 0 Å². The summed E-state index contributed by atoms with van der Waals surface area (Å²) in [7, 11) is 1.88. The Morgan fingerprint density at radius 1 is 1.08 bits per heavy atom. The third kappa shape index (κ3) is 4.75. The lowest BCUT2D eigenvalue weighted by Gasteiger charge is -2.18. The molecule has 0 fully saturated rings. The number of nitrogen functional groups attached to an aromatic ring is 2. The number of fused-ring (bicyclic) bond motifs is 1. The Bertz CT molecular complexity index is 1500. The molecule has 11 heteroatoms. The van der Waals surface area contributed by atoms with Crippen LogP contribution in [0.1, 0.15) is 10.4 Å². The molecule has 0 aliphatic heterocycles. The van der Waals surface area contributed by atoms with Crippen LogP contribution in [0.5, 0.6) is 5.75 Å². The lowest BCUT2D eigenvalue weighted by atomic mass is 10.2. The molecule has 5 aromatic rings. The second kappa shape index (κ2) is 9.66. The summed E-state index contributed by atoms with van der Waals surface area (Å²) in [6.45, 7) is 0.928. The number of ether oxygens (including phenoxy) is 1. The number of rotatable bonds is 8. The number of likely N-dealkylation sites (N-methyl/N-ethyl adjacent to an activating group) is 1. The van der Waals surface area contributed by atoms with Gasteiger partial charge in [-0.25, -0.2) is 4.98 Å². The molecule has 11 nitrogen and oxygen atoms in total. The van der Waals surface area contributed by atoms with Crippen molar-refractivity contribution in [2.45, 2.75) is 0 Å². The van der Waals surface area contributed by atoms with Gasteiger partial charge in [-0.15, -0.1) is 5.10 Å². The predicted molar refractivity (Wildman–Crippen MR) is 137 cm³/mol. The van der Waals surface area contributed by atoms with Gasteiger partial charge in [0, 0.05) is 18.7 Å². The van der Waals surface area contributed by atoms with Crippen molar-refractivity contribution in [3.05, 3.63) is 78.6 Å². The van der Waals surface area contributed by atoms with Crippen LogP contribution in [0.15, 0.2) is 77.4 Å². The number of nitrogens with two attached hydrogens (primary N) is 2. The standard InChI is InChI=1S/C25H24N8O3/c1-32(21-15-22-29-23(20-7-4-13-36-20)31-33(22)25(27)30-21)12-14-35-17-10-8-16(9-11-17)24(34)28-19-6-3-2-5-18(19)26/h2-11,13,15H,12,14,26H2,1H3,(H2,27,30)(H,28,34). The Morgan fingerprint density at radius 2 is 1.89 bits per heavy atom. The zero-order chi connectivity index (χ0) is 25.1. The number of benzene rings is 2. The molecule has 2 aromatic carbocycles. The molecule has 0 aliphatic carbocycles. The van der Waals surface area contributed by atoms with Crippen LogP contribution < -0.4 is 26.4 Å². The first kappa shape index (κ1) is 22.7. The highest BCUT2D eigenvalue weighted by Crippen LogP contribution is 2.21. The van der Waals surface area contributed by atoms with E-state index in [-0.39, 0.29) is 11.9 Å². The van der Waals surface area contributed by atoms with Crippen LogP contribution in [-0.2, 0) is 0 Å². The summed E-state index contributed by atoms with van der Waals surface area (Å²) in [6.07, 6.45) is 1.56. The van der Waals surface area contributed by atoms with Gasteiger partial charge in [0.2, 0.25) is 11.8 Å². The summed E-state index contributed by atoms with van der Waals surface area (Å²) in [5.41, 5.74) is 14.1. The Morgan fingerprint density at radius 3 is 2.64 bits per heavy atom. The van der Waals surface area contributed by atoms with E-state index in [0.717, 1.165) is 0 Å². The average molecular weight is 485 g/mol. The van der Waals surface area contributed by atoms with E-state index in [9.17, 15) is 4.79 Å². The number of nitrogens with one attached hydrogen (secondary N) is 1. The van der Waals surface area contributed by atoms with Gasteiger partial charge in [-0.2, -0.15) is 9.50 Å². The van der Waals surface area contributed by atoms with E-state index in [1.54, 1.807) is 60.9 Å². The van der Waals surface area contributed by atoms with Crippen molar-refractivity contribution < 1.29 is 13.9 Å². The second-order valence-corrected chi connectivity index (χ2v) is 7.99. The van der Waals surface area contributed by atoms with E-state index >= 15 is 0 Å². The van der Waals surface area contributed by atoms with Gasteiger partial charge in [0.05, 0.1) is 24.2 Å². The molecule has 0 aliphatic rings. The predicted octanol–water partition coefficient (Wildman–Crippen LogP) is 3.32. The molecular formula is C25H24N8O3. The fraction of sp³-hybridized carbons (Fsp3) is 0.120. The summed E-state index contributed by atoms with van der Waals surface area (Å²) in [5, 5.41) is 7.15. The SMILES string of the molecule is CN(CCOc1ccc(C(=O)Nc2ccccc2N)cc1)c1cc2nc(-c3ccco3)nn2c(N)n1. The molecule has 1 amide bonds. The fourth-order valence-electron chi connectivity index (χ4n) is 3.53. The molecule has 0 unspecified atom stereocenters. The molecule has 0 bridgehead atoms. The lowest BCUT2D eigenvalue weighted by molar-refractivity contribution is 0.102. The van der Waals surface area contributed by atoms with Crippen molar-refractivity contribution in [2.75, 3.05) is 41.9 Å². The van der Waals surface area contributed by atoms with Crippen LogP contribution >= 0.6 is 0 Å². The van der Waals surface area contributed by atoms with E-state index in [0.29, 0.717) is 58.9 Å². The van der Waals surface area contributed by atoms with Crippen molar-refractivity contribution in [2.24, 2.45) is 0 Å². The minimum absolute atomic E-state index is 0.215. The summed E-state index contributed by atoms with van der Waals surface area (Å²) in [5.74, 6) is 2.22. The summed E-state index contributed by atoms with van der Waals surface area (Å²) in [6, 6.07) is 19.3.